The molecule has 2 aliphatic heterocycles. The first-order valence-corrected chi connectivity index (χ1v) is 13.1. The van der Waals surface area contributed by atoms with Crippen molar-refractivity contribution in [3.05, 3.63) is 98.5 Å². The zero-order chi connectivity index (χ0) is 28.2. The van der Waals surface area contributed by atoms with Crippen molar-refractivity contribution in [2.45, 2.75) is 50.3 Å². The van der Waals surface area contributed by atoms with Crippen molar-refractivity contribution in [1.82, 2.24) is 14.5 Å². The lowest BCUT2D eigenvalue weighted by molar-refractivity contribution is -0.384. The molecule has 0 saturated carbocycles. The summed E-state index contributed by atoms with van der Waals surface area (Å²) in [6, 6.07) is 13.8. The number of halogens is 2. The zero-order valence-electron chi connectivity index (χ0n) is 21.1. The number of nitro benzene ring substituents is 1. The number of nitro groups is 1. The Balaban J connectivity index is 1.39. The van der Waals surface area contributed by atoms with Crippen molar-refractivity contribution < 1.29 is 28.7 Å². The third-order valence-corrected chi connectivity index (χ3v) is 7.36. The number of aromatic nitrogens is 3. The van der Waals surface area contributed by atoms with E-state index in [9.17, 15) is 14.9 Å². The summed E-state index contributed by atoms with van der Waals surface area (Å²) in [4.78, 5) is 32.2. The number of esters is 1. The minimum atomic E-state index is -0.976. The van der Waals surface area contributed by atoms with E-state index in [0.29, 0.717) is 26.8 Å². The lowest BCUT2D eigenvalue weighted by Gasteiger charge is -2.29. The molecule has 5 atom stereocenters. The van der Waals surface area contributed by atoms with Crippen LogP contribution in [0.2, 0.25) is 10.2 Å². The van der Waals surface area contributed by atoms with Crippen LogP contribution in [0.3, 0.4) is 0 Å². The van der Waals surface area contributed by atoms with E-state index in [4.69, 9.17) is 42.1 Å². The maximum atomic E-state index is 13.3. The van der Waals surface area contributed by atoms with Crippen LogP contribution in [0.1, 0.15) is 42.1 Å². The monoisotopic (exact) mass is 584 g/mol. The molecule has 2 saturated heterocycles. The number of fused-ring (bicyclic) bond motifs is 2. The molecule has 6 rings (SSSR count). The summed E-state index contributed by atoms with van der Waals surface area (Å²) in [6.07, 6.45) is -0.612. The highest BCUT2D eigenvalue weighted by Crippen LogP contribution is 2.48. The first-order valence-electron chi connectivity index (χ1n) is 12.3. The Morgan fingerprint density at radius 2 is 1.85 bits per heavy atom. The topological polar surface area (TPSA) is 128 Å². The van der Waals surface area contributed by atoms with Gasteiger partial charge >= 0.3 is 5.97 Å². The van der Waals surface area contributed by atoms with Gasteiger partial charge < -0.3 is 23.5 Å². The van der Waals surface area contributed by atoms with E-state index in [0.717, 1.165) is 0 Å². The Hall–Kier alpha value is -3.61. The fraction of sp³-hybridized carbons (Fsp3) is 0.296. The van der Waals surface area contributed by atoms with Crippen LogP contribution in [0, 0.1) is 10.1 Å². The van der Waals surface area contributed by atoms with E-state index in [1.54, 1.807) is 54.9 Å². The number of carbonyl (C=O) groups is 1. The van der Waals surface area contributed by atoms with Crippen LogP contribution >= 0.6 is 23.2 Å². The quantitative estimate of drug-likeness (QED) is 0.122. The van der Waals surface area contributed by atoms with Crippen LogP contribution in [0.15, 0.2) is 67.1 Å². The van der Waals surface area contributed by atoms with Crippen LogP contribution in [-0.2, 0) is 18.9 Å². The van der Waals surface area contributed by atoms with Gasteiger partial charge in [-0.05, 0) is 49.7 Å². The molecule has 4 heterocycles. The fourth-order valence-corrected chi connectivity index (χ4v) is 5.52. The first kappa shape index (κ1) is 26.6. The van der Waals surface area contributed by atoms with Crippen molar-refractivity contribution >= 4 is 45.9 Å². The van der Waals surface area contributed by atoms with Gasteiger partial charge in [-0.2, -0.15) is 0 Å². The van der Waals surface area contributed by atoms with E-state index in [2.05, 4.69) is 9.97 Å². The Labute approximate surface area is 237 Å². The van der Waals surface area contributed by atoms with Gasteiger partial charge in [-0.15, -0.1) is 0 Å². The molecule has 0 N–H and O–H groups in total. The Bertz CT molecular complexity index is 1610. The molecule has 40 heavy (non-hydrogen) atoms. The molecular formula is C27H22Cl2N4O7. The molecule has 0 aliphatic carbocycles. The standard InChI is InChI=1S/C27H22Cl2N4O7/c1-27(2)39-21-20(37-25(22(21)40-27)32-11-10-18-23(29)30-13-31-24(18)32)19(15-4-3-5-16(28)12-15)38-26(34)14-6-8-17(9-7-14)33(35)36/h3-13,19-22,25H,1-2H3/t19?,20-,21-,22-,25-/m1/s1. The number of non-ortho nitro benzene ring substituents is 1. The lowest BCUT2D eigenvalue weighted by Crippen LogP contribution is -2.36. The van der Waals surface area contributed by atoms with Crippen molar-refractivity contribution in [2.75, 3.05) is 0 Å². The van der Waals surface area contributed by atoms with Gasteiger partial charge in [0.1, 0.15) is 35.4 Å². The number of rotatable bonds is 6. The molecule has 11 nitrogen and oxygen atoms in total. The maximum absolute atomic E-state index is 13.3. The van der Waals surface area contributed by atoms with Crippen LogP contribution in [0.5, 0.6) is 0 Å². The second-order valence-electron chi connectivity index (χ2n) is 9.87. The number of carbonyl (C=O) groups excluding carboxylic acids is 1. The molecule has 0 radical (unpaired) electrons. The molecular weight excluding hydrogens is 563 g/mol. The smallest absolute Gasteiger partial charge is 0.338 e. The third-order valence-electron chi connectivity index (χ3n) is 6.82. The summed E-state index contributed by atoms with van der Waals surface area (Å²) < 4.78 is 26.9. The maximum Gasteiger partial charge on any atom is 0.338 e. The van der Waals surface area contributed by atoms with Crippen molar-refractivity contribution in [3.8, 4) is 0 Å². The molecule has 2 aliphatic rings. The summed E-state index contributed by atoms with van der Waals surface area (Å²) >= 11 is 12.6. The highest BCUT2D eigenvalue weighted by molar-refractivity contribution is 6.33. The number of ether oxygens (including phenoxy) is 4. The van der Waals surface area contributed by atoms with Gasteiger partial charge in [0.25, 0.3) is 5.69 Å². The number of hydrogen-bond donors (Lipinski definition) is 0. The van der Waals surface area contributed by atoms with Gasteiger partial charge in [0, 0.05) is 23.4 Å². The summed E-state index contributed by atoms with van der Waals surface area (Å²) in [5.74, 6) is -1.65. The van der Waals surface area contributed by atoms with E-state index in [-0.39, 0.29) is 11.3 Å². The summed E-state index contributed by atoms with van der Waals surface area (Å²) in [6.45, 7) is 3.59. The molecule has 0 spiro atoms. The highest BCUT2D eigenvalue weighted by Gasteiger charge is 2.59. The SMILES string of the molecule is CC1(C)O[C@@H]2[C@H](O1)[C@@H](C(OC(=O)c1ccc([N+](=O)[O-])cc1)c1cccc(Cl)c1)O[C@H]2n1ccc2c(Cl)ncnc21. The van der Waals surface area contributed by atoms with Crippen molar-refractivity contribution in [1.29, 1.82) is 0 Å². The summed E-state index contributed by atoms with van der Waals surface area (Å²) in [5, 5.41) is 12.4. The van der Waals surface area contributed by atoms with E-state index < -0.39 is 47.3 Å². The number of benzene rings is 2. The molecule has 2 fully saturated rings. The van der Waals surface area contributed by atoms with Crippen molar-refractivity contribution in [3.63, 3.8) is 0 Å². The summed E-state index contributed by atoms with van der Waals surface area (Å²) in [7, 11) is 0. The van der Waals surface area contributed by atoms with Crippen LogP contribution in [0.4, 0.5) is 5.69 Å². The minimum Gasteiger partial charge on any atom is -0.451 e. The normalized spacial score (nSPS) is 24.1. The van der Waals surface area contributed by atoms with Crippen LogP contribution in [-0.4, -0.2) is 49.5 Å². The molecule has 2 aromatic carbocycles. The predicted octanol–water partition coefficient (Wildman–Crippen LogP) is 5.66. The van der Waals surface area contributed by atoms with Gasteiger partial charge in [0.15, 0.2) is 18.1 Å². The van der Waals surface area contributed by atoms with Crippen molar-refractivity contribution in [2.24, 2.45) is 0 Å². The van der Waals surface area contributed by atoms with Gasteiger partial charge in [0.05, 0.1) is 15.9 Å². The number of nitrogens with zero attached hydrogens (tertiary/aromatic N) is 4. The first-order chi connectivity index (χ1) is 19.1. The van der Waals surface area contributed by atoms with Crippen LogP contribution < -0.4 is 0 Å². The Kier molecular flexibility index (Phi) is 6.71. The third kappa shape index (κ3) is 4.80. The molecule has 0 bridgehead atoms. The number of hydrogen-bond acceptors (Lipinski definition) is 9. The molecule has 2 aromatic heterocycles. The fourth-order valence-electron chi connectivity index (χ4n) is 5.13. The van der Waals surface area contributed by atoms with Gasteiger partial charge in [-0.25, -0.2) is 14.8 Å². The highest BCUT2D eigenvalue weighted by atomic mass is 35.5. The largest absolute Gasteiger partial charge is 0.451 e. The predicted molar refractivity (Wildman–Crippen MR) is 143 cm³/mol. The summed E-state index contributed by atoms with van der Waals surface area (Å²) in [5.41, 5.74) is 1.10. The average molecular weight is 585 g/mol. The van der Waals surface area contributed by atoms with E-state index >= 15 is 0 Å². The molecule has 1 unspecified atom stereocenters. The molecule has 4 aromatic rings. The molecule has 0 amide bonds. The van der Waals surface area contributed by atoms with Gasteiger partial charge in [-0.1, -0.05) is 35.3 Å². The van der Waals surface area contributed by atoms with E-state index in [1.165, 1.54) is 30.6 Å². The Morgan fingerprint density at radius 3 is 2.58 bits per heavy atom. The van der Waals surface area contributed by atoms with Crippen LogP contribution in [0.25, 0.3) is 11.0 Å². The Morgan fingerprint density at radius 1 is 1.10 bits per heavy atom. The zero-order valence-corrected chi connectivity index (χ0v) is 22.7. The second kappa shape index (κ2) is 10.1. The average Bonchev–Trinajstić information content (AvgIpc) is 3.58. The lowest BCUT2D eigenvalue weighted by atomic mass is 9.98. The minimum absolute atomic E-state index is 0.135. The second-order valence-corrected chi connectivity index (χ2v) is 10.7. The van der Waals surface area contributed by atoms with Gasteiger partial charge in [-0.3, -0.25) is 10.1 Å². The van der Waals surface area contributed by atoms with E-state index in [1.807, 2.05) is 0 Å². The molecule has 206 valence electrons. The molecule has 13 heteroatoms. The van der Waals surface area contributed by atoms with Gasteiger partial charge in [0.2, 0.25) is 0 Å².